The first-order valence-electron chi connectivity index (χ1n) is 25.3. The molecular weight excluding hydrogens is 703 g/mol. The summed E-state index contributed by atoms with van der Waals surface area (Å²) in [5, 5.41) is 33.5. The van der Waals surface area contributed by atoms with Crippen LogP contribution in [0.4, 0.5) is 0 Å². The number of carbonyl (C=O) groups is 1. The van der Waals surface area contributed by atoms with E-state index in [9.17, 15) is 20.1 Å². The molecular formula is C52H99NO4. The minimum absolute atomic E-state index is 0.157. The minimum Gasteiger partial charge on any atom is -0.394 e. The van der Waals surface area contributed by atoms with Crippen molar-refractivity contribution in [2.75, 3.05) is 6.61 Å². The van der Waals surface area contributed by atoms with Gasteiger partial charge in [0, 0.05) is 6.42 Å². The predicted octanol–water partition coefficient (Wildman–Crippen LogP) is 15.1. The second-order valence-electron chi connectivity index (χ2n) is 17.4. The number of aliphatic hydroxyl groups excluding tert-OH is 3. The highest BCUT2D eigenvalue weighted by Gasteiger charge is 2.26. The third-order valence-electron chi connectivity index (χ3n) is 11.7. The van der Waals surface area contributed by atoms with Gasteiger partial charge in [0.15, 0.2) is 0 Å². The maximum atomic E-state index is 12.4. The Hall–Kier alpha value is -1.43. The number of allylic oxidation sites excluding steroid dienone is 6. The van der Waals surface area contributed by atoms with E-state index in [1.54, 1.807) is 0 Å². The highest BCUT2D eigenvalue weighted by molar-refractivity contribution is 5.76. The highest BCUT2D eigenvalue weighted by Crippen LogP contribution is 2.16. The molecule has 0 saturated carbocycles. The zero-order valence-electron chi connectivity index (χ0n) is 38.2. The van der Waals surface area contributed by atoms with Crippen molar-refractivity contribution in [3.8, 4) is 0 Å². The van der Waals surface area contributed by atoms with Crippen LogP contribution in [0.5, 0.6) is 0 Å². The fraction of sp³-hybridized carbons (Fsp3) is 0.865. The van der Waals surface area contributed by atoms with Crippen LogP contribution in [0.2, 0.25) is 0 Å². The van der Waals surface area contributed by atoms with Gasteiger partial charge in [-0.1, -0.05) is 217 Å². The Morgan fingerprint density at radius 1 is 0.421 bits per heavy atom. The number of aliphatic hydroxyl groups is 3. The van der Waals surface area contributed by atoms with Crippen molar-refractivity contribution < 1.29 is 20.1 Å². The number of unbranched alkanes of at least 4 members (excludes halogenated alkanes) is 32. The summed E-state index contributed by atoms with van der Waals surface area (Å²) < 4.78 is 0. The average Bonchev–Trinajstić information content (AvgIpc) is 3.22. The molecule has 0 rings (SSSR count). The first kappa shape index (κ1) is 55.6. The standard InChI is InChI=1S/C52H99NO4/c1-3-5-7-9-11-13-15-17-18-19-20-21-22-23-24-25-26-27-28-29-30-31-32-33-34-35-37-39-41-43-45-47-51(56)53-49(48-54)52(57)50(55)46-44-42-40-38-36-16-14-12-10-8-6-4-2/h12,14,23-24,38,40,49-50,52,54-55,57H,3-11,13,15-22,25-37,39,41-48H2,1-2H3,(H,53,56)/b14-12+,24-23-,40-38+. The summed E-state index contributed by atoms with van der Waals surface area (Å²) in [5.41, 5.74) is 0. The third-order valence-corrected chi connectivity index (χ3v) is 11.7. The van der Waals surface area contributed by atoms with Gasteiger partial charge in [-0.15, -0.1) is 0 Å². The molecule has 0 heterocycles. The molecule has 5 heteroatoms. The molecule has 5 nitrogen and oxygen atoms in total. The largest absolute Gasteiger partial charge is 0.394 e. The zero-order valence-corrected chi connectivity index (χ0v) is 38.2. The molecule has 0 bridgehead atoms. The quantitative estimate of drug-likeness (QED) is 0.0365. The van der Waals surface area contributed by atoms with E-state index in [0.717, 1.165) is 44.9 Å². The van der Waals surface area contributed by atoms with Crippen molar-refractivity contribution in [1.82, 2.24) is 5.32 Å². The number of nitrogens with one attached hydrogen (secondary N) is 1. The SMILES string of the molecule is CCCCC/C=C/CC/C=C/CCCC(O)C(O)C(CO)NC(=O)CCCCCCCCCCCCCCCCC/C=C\CCCCCCCCCCCCCC. The lowest BCUT2D eigenvalue weighted by atomic mass is 10.0. The number of hydrogen-bond donors (Lipinski definition) is 4. The van der Waals surface area contributed by atoms with Crippen molar-refractivity contribution in [1.29, 1.82) is 0 Å². The predicted molar refractivity (Wildman–Crippen MR) is 250 cm³/mol. The summed E-state index contributed by atoms with van der Waals surface area (Å²) in [6, 6.07) is -0.830. The van der Waals surface area contributed by atoms with Gasteiger partial charge in [0.25, 0.3) is 0 Å². The molecule has 0 aromatic rings. The molecule has 336 valence electrons. The first-order valence-corrected chi connectivity index (χ1v) is 25.3. The number of amides is 1. The van der Waals surface area contributed by atoms with Crippen LogP contribution in [0.15, 0.2) is 36.5 Å². The van der Waals surface area contributed by atoms with Gasteiger partial charge in [-0.25, -0.2) is 0 Å². The number of carbonyl (C=O) groups excluding carboxylic acids is 1. The summed E-state index contributed by atoms with van der Waals surface area (Å²) in [7, 11) is 0. The van der Waals surface area contributed by atoms with E-state index < -0.39 is 18.2 Å². The van der Waals surface area contributed by atoms with Crippen molar-refractivity contribution >= 4 is 5.91 Å². The van der Waals surface area contributed by atoms with E-state index in [-0.39, 0.29) is 12.5 Å². The number of rotatable bonds is 46. The van der Waals surface area contributed by atoms with E-state index in [2.05, 4.69) is 55.6 Å². The Bertz CT molecular complexity index is 885. The highest BCUT2D eigenvalue weighted by atomic mass is 16.3. The Kier molecular flexibility index (Phi) is 46.1. The van der Waals surface area contributed by atoms with Crippen molar-refractivity contribution in [3.05, 3.63) is 36.5 Å². The van der Waals surface area contributed by atoms with Crippen LogP contribution < -0.4 is 5.32 Å². The molecule has 0 aromatic carbocycles. The molecule has 3 unspecified atom stereocenters. The van der Waals surface area contributed by atoms with Crippen LogP contribution in [-0.2, 0) is 4.79 Å². The zero-order chi connectivity index (χ0) is 41.5. The van der Waals surface area contributed by atoms with E-state index in [1.807, 2.05) is 0 Å². The van der Waals surface area contributed by atoms with Crippen LogP contribution in [0.25, 0.3) is 0 Å². The normalized spacial score (nSPS) is 13.7. The average molecular weight is 802 g/mol. The maximum Gasteiger partial charge on any atom is 0.220 e. The van der Waals surface area contributed by atoms with E-state index in [1.165, 1.54) is 193 Å². The first-order chi connectivity index (χ1) is 28.1. The fourth-order valence-electron chi connectivity index (χ4n) is 7.76. The number of hydrogen-bond acceptors (Lipinski definition) is 4. The van der Waals surface area contributed by atoms with Gasteiger partial charge < -0.3 is 20.6 Å². The van der Waals surface area contributed by atoms with Crippen molar-refractivity contribution in [3.63, 3.8) is 0 Å². The van der Waals surface area contributed by atoms with Gasteiger partial charge in [-0.3, -0.25) is 4.79 Å². The van der Waals surface area contributed by atoms with Gasteiger partial charge in [0.2, 0.25) is 5.91 Å². The molecule has 0 aromatic heterocycles. The molecule has 57 heavy (non-hydrogen) atoms. The van der Waals surface area contributed by atoms with Gasteiger partial charge >= 0.3 is 0 Å². The minimum atomic E-state index is -1.16. The van der Waals surface area contributed by atoms with Gasteiger partial charge in [0.05, 0.1) is 18.8 Å². The molecule has 0 saturated heterocycles. The third kappa shape index (κ3) is 42.5. The smallest absolute Gasteiger partial charge is 0.220 e. The monoisotopic (exact) mass is 802 g/mol. The van der Waals surface area contributed by atoms with E-state index in [0.29, 0.717) is 12.8 Å². The van der Waals surface area contributed by atoms with Crippen LogP contribution in [0.1, 0.15) is 264 Å². The summed E-state index contributed by atoms with van der Waals surface area (Å²) in [4.78, 5) is 12.4. The van der Waals surface area contributed by atoms with Gasteiger partial charge in [-0.2, -0.15) is 0 Å². The fourth-order valence-corrected chi connectivity index (χ4v) is 7.76. The van der Waals surface area contributed by atoms with Crippen LogP contribution in [0, 0.1) is 0 Å². The van der Waals surface area contributed by atoms with Crippen molar-refractivity contribution in [2.45, 2.75) is 283 Å². The molecule has 0 aliphatic heterocycles. The maximum absolute atomic E-state index is 12.4. The summed E-state index contributed by atoms with van der Waals surface area (Å²) in [6.07, 6.45) is 60.1. The lowest BCUT2D eigenvalue weighted by Gasteiger charge is -2.26. The molecule has 3 atom stereocenters. The lowest BCUT2D eigenvalue weighted by Crippen LogP contribution is -2.50. The van der Waals surface area contributed by atoms with E-state index in [4.69, 9.17) is 0 Å². The molecule has 1 amide bonds. The summed E-state index contributed by atoms with van der Waals surface area (Å²) in [5.74, 6) is -0.157. The topological polar surface area (TPSA) is 89.8 Å². The Balaban J connectivity index is 3.51. The molecule has 0 fully saturated rings. The van der Waals surface area contributed by atoms with E-state index >= 15 is 0 Å². The van der Waals surface area contributed by atoms with Crippen LogP contribution in [0.3, 0.4) is 0 Å². The molecule has 0 aliphatic carbocycles. The van der Waals surface area contributed by atoms with Gasteiger partial charge in [0.1, 0.15) is 6.10 Å². The Morgan fingerprint density at radius 2 is 0.719 bits per heavy atom. The second kappa shape index (κ2) is 47.3. The molecule has 0 spiro atoms. The van der Waals surface area contributed by atoms with Crippen LogP contribution >= 0.6 is 0 Å². The van der Waals surface area contributed by atoms with Crippen LogP contribution in [-0.4, -0.2) is 46.1 Å². The molecule has 0 radical (unpaired) electrons. The second-order valence-corrected chi connectivity index (χ2v) is 17.4. The summed E-state index contributed by atoms with van der Waals surface area (Å²) in [6.45, 7) is 4.14. The van der Waals surface area contributed by atoms with Gasteiger partial charge in [-0.05, 0) is 77.0 Å². The molecule has 4 N–H and O–H groups in total. The Labute approximate surface area is 355 Å². The molecule has 0 aliphatic rings. The Morgan fingerprint density at radius 3 is 1.11 bits per heavy atom. The summed E-state index contributed by atoms with van der Waals surface area (Å²) >= 11 is 0. The lowest BCUT2D eigenvalue weighted by molar-refractivity contribution is -0.124. The van der Waals surface area contributed by atoms with Crippen molar-refractivity contribution in [2.24, 2.45) is 0 Å².